The third-order valence-electron chi connectivity index (χ3n) is 3.68. The average molecular weight is 246 g/mol. The predicted molar refractivity (Wildman–Crippen MR) is 67.6 cm³/mol. The summed E-state index contributed by atoms with van der Waals surface area (Å²) >= 11 is 0. The summed E-state index contributed by atoms with van der Waals surface area (Å²) in [6.45, 7) is 0.314. The molecular formula is C13H14N2O3. The van der Waals surface area contributed by atoms with Crippen LogP contribution >= 0.6 is 0 Å². The van der Waals surface area contributed by atoms with Crippen molar-refractivity contribution >= 4 is 10.9 Å². The van der Waals surface area contributed by atoms with Crippen LogP contribution in [-0.4, -0.2) is 21.3 Å². The second-order valence-corrected chi connectivity index (χ2v) is 5.03. The van der Waals surface area contributed by atoms with Crippen molar-refractivity contribution in [2.45, 2.75) is 19.4 Å². The van der Waals surface area contributed by atoms with Crippen molar-refractivity contribution in [2.75, 3.05) is 6.61 Å². The van der Waals surface area contributed by atoms with Crippen molar-refractivity contribution in [2.24, 2.45) is 5.41 Å². The number of benzene rings is 1. The number of nitrogens with one attached hydrogen (secondary N) is 1. The molecule has 18 heavy (non-hydrogen) atoms. The molecule has 0 saturated heterocycles. The molecule has 0 aliphatic heterocycles. The number of H-pyrrole nitrogens is 1. The molecule has 1 aromatic carbocycles. The number of rotatable bonds is 3. The van der Waals surface area contributed by atoms with Gasteiger partial charge in [0.2, 0.25) is 0 Å². The SMILES string of the molecule is O=c1[nH]c2ccccc2c(=O)n1CC1(CO)CC1. The summed E-state index contributed by atoms with van der Waals surface area (Å²) in [6, 6.07) is 6.95. The predicted octanol–water partition coefficient (Wildman–Crippen LogP) is 0.462. The van der Waals surface area contributed by atoms with Gasteiger partial charge in [0.05, 0.1) is 17.5 Å². The summed E-state index contributed by atoms with van der Waals surface area (Å²) < 4.78 is 1.20. The number of aromatic amines is 1. The van der Waals surface area contributed by atoms with E-state index in [-0.39, 0.29) is 17.6 Å². The molecule has 0 radical (unpaired) electrons. The quantitative estimate of drug-likeness (QED) is 0.826. The minimum Gasteiger partial charge on any atom is -0.396 e. The molecular weight excluding hydrogens is 232 g/mol. The minimum absolute atomic E-state index is 0.0196. The molecule has 2 aromatic rings. The fourth-order valence-corrected chi connectivity index (χ4v) is 2.22. The standard InChI is InChI=1S/C13H14N2O3/c16-8-13(5-6-13)7-15-11(17)9-3-1-2-4-10(9)14-12(15)18/h1-4,16H,5-8H2,(H,14,18). The fourth-order valence-electron chi connectivity index (χ4n) is 2.22. The van der Waals surface area contributed by atoms with Crippen LogP contribution in [0.2, 0.25) is 0 Å². The van der Waals surface area contributed by atoms with E-state index in [0.29, 0.717) is 17.4 Å². The van der Waals surface area contributed by atoms with Crippen LogP contribution in [-0.2, 0) is 6.54 Å². The van der Waals surface area contributed by atoms with E-state index in [0.717, 1.165) is 12.8 Å². The topological polar surface area (TPSA) is 75.1 Å². The summed E-state index contributed by atoms with van der Waals surface area (Å²) in [5.41, 5.74) is -0.399. The van der Waals surface area contributed by atoms with Crippen molar-refractivity contribution in [3.8, 4) is 0 Å². The molecule has 2 N–H and O–H groups in total. The van der Waals surface area contributed by atoms with Crippen LogP contribution in [0.4, 0.5) is 0 Å². The van der Waals surface area contributed by atoms with Crippen LogP contribution in [0, 0.1) is 5.41 Å². The van der Waals surface area contributed by atoms with Gasteiger partial charge >= 0.3 is 5.69 Å². The lowest BCUT2D eigenvalue weighted by molar-refractivity contribution is 0.192. The molecule has 1 heterocycles. The normalized spacial score (nSPS) is 16.9. The summed E-state index contributed by atoms with van der Waals surface area (Å²) in [4.78, 5) is 26.8. The summed E-state index contributed by atoms with van der Waals surface area (Å²) in [5.74, 6) is 0. The maximum atomic E-state index is 12.2. The number of nitrogens with zero attached hydrogens (tertiary/aromatic N) is 1. The van der Waals surface area contributed by atoms with Gasteiger partial charge in [0, 0.05) is 12.0 Å². The van der Waals surface area contributed by atoms with Crippen molar-refractivity contribution in [1.82, 2.24) is 9.55 Å². The van der Waals surface area contributed by atoms with E-state index < -0.39 is 5.69 Å². The second kappa shape index (κ2) is 3.81. The summed E-state index contributed by atoms with van der Waals surface area (Å²) in [6.07, 6.45) is 1.73. The molecule has 1 aliphatic rings. The zero-order valence-corrected chi connectivity index (χ0v) is 9.85. The Kier molecular flexibility index (Phi) is 2.38. The van der Waals surface area contributed by atoms with Gasteiger partial charge in [-0.1, -0.05) is 12.1 Å². The van der Waals surface area contributed by atoms with Crippen LogP contribution in [0.3, 0.4) is 0 Å². The Hall–Kier alpha value is -1.88. The first kappa shape index (κ1) is 11.2. The van der Waals surface area contributed by atoms with E-state index in [4.69, 9.17) is 0 Å². The number of hydrogen-bond donors (Lipinski definition) is 2. The number of aromatic nitrogens is 2. The molecule has 0 atom stereocenters. The van der Waals surface area contributed by atoms with Crippen LogP contribution < -0.4 is 11.2 Å². The van der Waals surface area contributed by atoms with E-state index in [1.807, 2.05) is 0 Å². The maximum absolute atomic E-state index is 12.2. The van der Waals surface area contributed by atoms with Crippen LogP contribution in [0.15, 0.2) is 33.9 Å². The molecule has 5 nitrogen and oxygen atoms in total. The molecule has 0 spiro atoms. The Balaban J connectivity index is 2.18. The summed E-state index contributed by atoms with van der Waals surface area (Å²) in [5, 5.41) is 9.79. The fraction of sp³-hybridized carbons (Fsp3) is 0.385. The number of aliphatic hydroxyl groups excluding tert-OH is 1. The molecule has 1 aliphatic carbocycles. The van der Waals surface area contributed by atoms with Gasteiger partial charge in [-0.05, 0) is 25.0 Å². The minimum atomic E-state index is -0.404. The molecule has 0 unspecified atom stereocenters. The zero-order valence-electron chi connectivity index (χ0n) is 9.85. The van der Waals surface area contributed by atoms with Crippen molar-refractivity contribution in [1.29, 1.82) is 0 Å². The zero-order chi connectivity index (χ0) is 12.8. The lowest BCUT2D eigenvalue weighted by Crippen LogP contribution is -2.38. The van der Waals surface area contributed by atoms with Crippen LogP contribution in [0.5, 0.6) is 0 Å². The van der Waals surface area contributed by atoms with Gasteiger partial charge in [0.15, 0.2) is 0 Å². The van der Waals surface area contributed by atoms with Crippen molar-refractivity contribution in [3.63, 3.8) is 0 Å². The van der Waals surface area contributed by atoms with Crippen LogP contribution in [0.25, 0.3) is 10.9 Å². The highest BCUT2D eigenvalue weighted by molar-refractivity contribution is 5.76. The number of aliphatic hydroxyl groups is 1. The molecule has 5 heteroatoms. The molecule has 94 valence electrons. The molecule has 0 amide bonds. The number of fused-ring (bicyclic) bond motifs is 1. The first-order valence-electron chi connectivity index (χ1n) is 5.98. The van der Waals surface area contributed by atoms with Gasteiger partial charge < -0.3 is 10.1 Å². The first-order valence-corrected chi connectivity index (χ1v) is 5.98. The Bertz CT molecular complexity index is 710. The summed E-state index contributed by atoms with van der Waals surface area (Å²) in [7, 11) is 0. The first-order chi connectivity index (χ1) is 8.65. The molecule has 1 saturated carbocycles. The molecule has 3 rings (SSSR count). The molecule has 0 bridgehead atoms. The Morgan fingerprint density at radius 1 is 1.28 bits per heavy atom. The van der Waals surface area contributed by atoms with E-state index in [1.165, 1.54) is 4.57 Å². The Morgan fingerprint density at radius 3 is 2.67 bits per heavy atom. The van der Waals surface area contributed by atoms with Crippen LogP contribution in [0.1, 0.15) is 12.8 Å². The number of hydrogen-bond acceptors (Lipinski definition) is 3. The van der Waals surface area contributed by atoms with Crippen molar-refractivity contribution < 1.29 is 5.11 Å². The lowest BCUT2D eigenvalue weighted by atomic mass is 10.1. The van der Waals surface area contributed by atoms with Gasteiger partial charge in [0.25, 0.3) is 5.56 Å². The second-order valence-electron chi connectivity index (χ2n) is 5.03. The Morgan fingerprint density at radius 2 is 2.00 bits per heavy atom. The van der Waals surface area contributed by atoms with Crippen molar-refractivity contribution in [3.05, 3.63) is 45.1 Å². The van der Waals surface area contributed by atoms with E-state index in [2.05, 4.69) is 4.98 Å². The van der Waals surface area contributed by atoms with E-state index >= 15 is 0 Å². The Labute approximate surface area is 103 Å². The third kappa shape index (κ3) is 1.67. The highest BCUT2D eigenvalue weighted by Crippen LogP contribution is 2.45. The smallest absolute Gasteiger partial charge is 0.328 e. The largest absolute Gasteiger partial charge is 0.396 e. The monoisotopic (exact) mass is 246 g/mol. The maximum Gasteiger partial charge on any atom is 0.328 e. The molecule has 1 aromatic heterocycles. The van der Waals surface area contributed by atoms with E-state index in [1.54, 1.807) is 24.3 Å². The van der Waals surface area contributed by atoms with Gasteiger partial charge in [-0.25, -0.2) is 4.79 Å². The van der Waals surface area contributed by atoms with Gasteiger partial charge in [-0.15, -0.1) is 0 Å². The number of para-hydroxylation sites is 1. The van der Waals surface area contributed by atoms with Gasteiger partial charge in [0.1, 0.15) is 0 Å². The van der Waals surface area contributed by atoms with Gasteiger partial charge in [-0.3, -0.25) is 9.36 Å². The molecule has 1 fully saturated rings. The third-order valence-corrected chi connectivity index (χ3v) is 3.68. The highest BCUT2D eigenvalue weighted by atomic mass is 16.3. The average Bonchev–Trinajstić information content (AvgIpc) is 3.15. The van der Waals surface area contributed by atoms with Gasteiger partial charge in [-0.2, -0.15) is 0 Å². The van der Waals surface area contributed by atoms with E-state index in [9.17, 15) is 14.7 Å². The highest BCUT2D eigenvalue weighted by Gasteiger charge is 2.43. The lowest BCUT2D eigenvalue weighted by Gasteiger charge is -2.13.